The van der Waals surface area contributed by atoms with Crippen molar-refractivity contribution in [2.24, 2.45) is 5.92 Å². The first-order chi connectivity index (χ1) is 12.7. The van der Waals surface area contributed by atoms with E-state index in [1.54, 1.807) is 5.57 Å². The van der Waals surface area contributed by atoms with E-state index in [2.05, 4.69) is 65.8 Å². The van der Waals surface area contributed by atoms with Crippen LogP contribution in [0.2, 0.25) is 0 Å². The third-order valence-corrected chi connectivity index (χ3v) is 7.11. The molecule has 1 aliphatic heterocycles. The number of fused-ring (bicyclic) bond motifs is 3. The fourth-order valence-corrected chi connectivity index (χ4v) is 5.29. The van der Waals surface area contributed by atoms with Gasteiger partial charge in [0.25, 0.3) is 0 Å². The predicted octanol–water partition coefficient (Wildman–Crippen LogP) is 7.94. The van der Waals surface area contributed by atoms with Crippen LogP contribution in [0.5, 0.6) is 5.75 Å². The highest BCUT2D eigenvalue weighted by Crippen LogP contribution is 2.51. The van der Waals surface area contributed by atoms with Gasteiger partial charge in [0.15, 0.2) is 0 Å². The van der Waals surface area contributed by atoms with E-state index in [1.807, 2.05) is 0 Å². The number of benzene rings is 1. The molecule has 0 N–H and O–H groups in total. The van der Waals surface area contributed by atoms with Gasteiger partial charge in [0.2, 0.25) is 0 Å². The number of unbranched alkanes of at least 4 members (excludes halogenated alkanes) is 3. The summed E-state index contributed by atoms with van der Waals surface area (Å²) in [5.41, 5.74) is 4.56. The lowest BCUT2D eigenvalue weighted by atomic mass is 9.70. The second-order valence-electron chi connectivity index (χ2n) is 10.2. The molecule has 1 heterocycles. The number of rotatable bonds is 6. The van der Waals surface area contributed by atoms with Gasteiger partial charge in [0, 0.05) is 5.92 Å². The maximum Gasteiger partial charge on any atom is 0.123 e. The normalized spacial score (nSPS) is 24.3. The summed E-state index contributed by atoms with van der Waals surface area (Å²) in [5, 5.41) is 0. The van der Waals surface area contributed by atoms with E-state index in [9.17, 15) is 0 Å². The highest BCUT2D eigenvalue weighted by molar-refractivity contribution is 5.45. The molecule has 27 heavy (non-hydrogen) atoms. The van der Waals surface area contributed by atoms with Gasteiger partial charge in [0.1, 0.15) is 11.4 Å². The third kappa shape index (κ3) is 4.44. The minimum atomic E-state index is -0.0833. The molecule has 1 nitrogen and oxygen atoms in total. The second-order valence-corrected chi connectivity index (χ2v) is 10.2. The van der Waals surface area contributed by atoms with Crippen molar-refractivity contribution in [1.82, 2.24) is 0 Å². The fourth-order valence-electron chi connectivity index (χ4n) is 5.29. The van der Waals surface area contributed by atoms with E-state index in [0.29, 0.717) is 11.8 Å². The zero-order valence-electron chi connectivity index (χ0n) is 18.5. The van der Waals surface area contributed by atoms with Gasteiger partial charge in [-0.3, -0.25) is 0 Å². The van der Waals surface area contributed by atoms with Crippen LogP contribution >= 0.6 is 0 Å². The molecule has 2 atom stereocenters. The Labute approximate surface area is 167 Å². The van der Waals surface area contributed by atoms with E-state index < -0.39 is 0 Å². The molecule has 0 amide bonds. The van der Waals surface area contributed by atoms with Crippen LogP contribution < -0.4 is 4.74 Å². The molecule has 0 saturated carbocycles. The van der Waals surface area contributed by atoms with Crippen LogP contribution in [0.15, 0.2) is 29.8 Å². The first-order valence-electron chi connectivity index (χ1n) is 11.2. The summed E-state index contributed by atoms with van der Waals surface area (Å²) >= 11 is 0. The Bertz CT molecular complexity index is 679. The van der Waals surface area contributed by atoms with E-state index in [1.165, 1.54) is 62.5 Å². The van der Waals surface area contributed by atoms with Crippen molar-refractivity contribution in [1.29, 1.82) is 0 Å². The third-order valence-electron chi connectivity index (χ3n) is 7.11. The lowest BCUT2D eigenvalue weighted by Gasteiger charge is -2.45. The molecular weight excluding hydrogens is 328 g/mol. The van der Waals surface area contributed by atoms with Gasteiger partial charge < -0.3 is 4.74 Å². The van der Waals surface area contributed by atoms with Gasteiger partial charge in [-0.2, -0.15) is 0 Å². The Balaban J connectivity index is 1.87. The lowest BCUT2D eigenvalue weighted by molar-refractivity contribution is 0.00723. The van der Waals surface area contributed by atoms with Gasteiger partial charge in [-0.15, -0.1) is 0 Å². The summed E-state index contributed by atoms with van der Waals surface area (Å²) in [4.78, 5) is 0. The van der Waals surface area contributed by atoms with Crippen LogP contribution in [0.25, 0.3) is 0 Å². The highest BCUT2D eigenvalue weighted by Gasteiger charge is 2.44. The molecule has 0 spiro atoms. The van der Waals surface area contributed by atoms with Gasteiger partial charge in [0.05, 0.1) is 0 Å². The van der Waals surface area contributed by atoms with Crippen LogP contribution in [-0.4, -0.2) is 5.60 Å². The first-order valence-corrected chi connectivity index (χ1v) is 11.2. The molecule has 1 aromatic carbocycles. The topological polar surface area (TPSA) is 9.23 Å². The highest BCUT2D eigenvalue weighted by atomic mass is 16.5. The molecule has 150 valence electrons. The van der Waals surface area contributed by atoms with Gasteiger partial charge in [-0.05, 0) is 75.0 Å². The Morgan fingerprint density at radius 1 is 1.15 bits per heavy atom. The van der Waals surface area contributed by atoms with Gasteiger partial charge in [-0.1, -0.05) is 70.2 Å². The standard InChI is InChI=1S/C26H40O/c1-7-8-9-10-16-25(3,4)20-14-15-21-22-17-19(2)12-11-13-23(22)26(5,6)27-24(21)18-20/h12,14-15,18,22-23H,7-11,13,16-17H2,1-6H3. The van der Waals surface area contributed by atoms with E-state index >= 15 is 0 Å². The molecule has 1 aromatic rings. The number of hydrogen-bond acceptors (Lipinski definition) is 1. The van der Waals surface area contributed by atoms with E-state index in [4.69, 9.17) is 4.74 Å². The number of allylic oxidation sites excluding steroid dienone is 2. The van der Waals surface area contributed by atoms with Crippen molar-refractivity contribution >= 4 is 0 Å². The predicted molar refractivity (Wildman–Crippen MR) is 117 cm³/mol. The van der Waals surface area contributed by atoms with Crippen LogP contribution in [0.3, 0.4) is 0 Å². The smallest absolute Gasteiger partial charge is 0.123 e. The Morgan fingerprint density at radius 2 is 1.93 bits per heavy atom. The fraction of sp³-hybridized carbons (Fsp3) is 0.692. The summed E-state index contributed by atoms with van der Waals surface area (Å²) in [5.74, 6) is 2.35. The molecule has 2 unspecified atom stereocenters. The molecule has 0 fully saturated rings. The molecule has 2 aliphatic rings. The van der Waals surface area contributed by atoms with Crippen molar-refractivity contribution in [3.8, 4) is 5.75 Å². The van der Waals surface area contributed by atoms with Crippen LogP contribution in [-0.2, 0) is 5.41 Å². The van der Waals surface area contributed by atoms with Crippen molar-refractivity contribution in [2.45, 2.75) is 110 Å². The zero-order chi connectivity index (χ0) is 19.7. The number of hydrogen-bond donors (Lipinski definition) is 0. The van der Waals surface area contributed by atoms with Crippen LogP contribution in [0, 0.1) is 5.92 Å². The molecule has 1 aliphatic carbocycles. The van der Waals surface area contributed by atoms with Crippen molar-refractivity contribution in [3.63, 3.8) is 0 Å². The summed E-state index contributed by atoms with van der Waals surface area (Å²) in [6.45, 7) is 14.0. The maximum atomic E-state index is 6.64. The molecular formula is C26H40O. The Kier molecular flexibility index (Phi) is 6.08. The molecule has 1 heteroatoms. The summed E-state index contributed by atoms with van der Waals surface area (Å²) < 4.78 is 6.64. The first kappa shape index (κ1) is 20.5. The molecule has 0 aromatic heterocycles. The van der Waals surface area contributed by atoms with E-state index in [0.717, 1.165) is 5.75 Å². The minimum Gasteiger partial charge on any atom is -0.487 e. The minimum absolute atomic E-state index is 0.0833. The van der Waals surface area contributed by atoms with Crippen LogP contribution in [0.1, 0.15) is 110 Å². The van der Waals surface area contributed by atoms with Crippen LogP contribution in [0.4, 0.5) is 0 Å². The monoisotopic (exact) mass is 368 g/mol. The quantitative estimate of drug-likeness (QED) is 0.366. The average molecular weight is 369 g/mol. The molecule has 0 radical (unpaired) electrons. The largest absolute Gasteiger partial charge is 0.487 e. The zero-order valence-corrected chi connectivity index (χ0v) is 18.5. The molecule has 3 rings (SSSR count). The number of ether oxygens (including phenoxy) is 1. The Hall–Kier alpha value is -1.24. The average Bonchev–Trinajstić information content (AvgIpc) is 2.80. The van der Waals surface area contributed by atoms with Gasteiger partial charge >= 0.3 is 0 Å². The van der Waals surface area contributed by atoms with Crippen molar-refractivity contribution in [2.75, 3.05) is 0 Å². The van der Waals surface area contributed by atoms with Crippen molar-refractivity contribution < 1.29 is 4.74 Å². The molecule has 0 saturated heterocycles. The Morgan fingerprint density at radius 3 is 2.67 bits per heavy atom. The summed E-state index contributed by atoms with van der Waals surface area (Å²) in [6, 6.07) is 7.16. The lowest BCUT2D eigenvalue weighted by Crippen LogP contribution is -2.44. The SMILES string of the molecule is CCCCCCC(C)(C)c1ccc2c(c1)OC(C)(C)C1CCC=C(C)CC21. The van der Waals surface area contributed by atoms with Gasteiger partial charge in [-0.25, -0.2) is 0 Å². The van der Waals surface area contributed by atoms with Crippen molar-refractivity contribution in [3.05, 3.63) is 41.0 Å². The summed E-state index contributed by atoms with van der Waals surface area (Å²) in [6.07, 6.45) is 12.6. The maximum absolute atomic E-state index is 6.64. The second kappa shape index (κ2) is 8.02. The molecule has 0 bridgehead atoms. The summed E-state index contributed by atoms with van der Waals surface area (Å²) in [7, 11) is 0. The van der Waals surface area contributed by atoms with E-state index in [-0.39, 0.29) is 11.0 Å².